The molecule has 0 spiro atoms. The minimum Gasteiger partial charge on any atom is -0.481 e. The molecule has 1 rings (SSSR count). The highest BCUT2D eigenvalue weighted by atomic mass is 32.2. The molecular weight excluding hydrogens is 310 g/mol. The number of hydroxylamine groups is 1. The summed E-state index contributed by atoms with van der Waals surface area (Å²) in [5.41, 5.74) is 1.77. The predicted octanol–water partition coefficient (Wildman–Crippen LogP) is 4.03. The van der Waals surface area contributed by atoms with E-state index in [0.717, 1.165) is 36.3 Å². The summed E-state index contributed by atoms with van der Waals surface area (Å²) in [4.78, 5) is 12.8. The average Bonchev–Trinajstić information content (AvgIpc) is 2.58. The van der Waals surface area contributed by atoms with Crippen molar-refractivity contribution in [1.82, 2.24) is 5.48 Å². The molecule has 0 bridgehead atoms. The van der Waals surface area contributed by atoms with Crippen LogP contribution in [0.5, 0.6) is 5.75 Å². The Morgan fingerprint density at radius 2 is 2.04 bits per heavy atom. The molecule has 1 aromatic rings. The predicted molar refractivity (Wildman–Crippen MR) is 93.7 cm³/mol. The molecule has 23 heavy (non-hydrogen) atoms. The summed E-state index contributed by atoms with van der Waals surface area (Å²) >= 11 is 1.46. The van der Waals surface area contributed by atoms with Crippen LogP contribution in [-0.4, -0.2) is 23.0 Å². The summed E-state index contributed by atoms with van der Waals surface area (Å²) in [6.45, 7) is 4.30. The lowest BCUT2D eigenvalue weighted by atomic mass is 10.1. The van der Waals surface area contributed by atoms with Crippen molar-refractivity contribution in [1.29, 1.82) is 0 Å². The second-order valence-electron chi connectivity index (χ2n) is 5.12. The van der Waals surface area contributed by atoms with E-state index in [2.05, 4.69) is 18.8 Å². The van der Waals surface area contributed by atoms with Gasteiger partial charge in [0.1, 0.15) is 12.4 Å². The smallest absolute Gasteiger partial charge is 0.256 e. The van der Waals surface area contributed by atoms with E-state index < -0.39 is 0 Å². The fourth-order valence-corrected chi connectivity index (χ4v) is 3.11. The number of carbonyl (C=O) groups excluding carboxylic acids is 1. The van der Waals surface area contributed by atoms with E-state index in [1.807, 2.05) is 24.3 Å². The number of benzene rings is 1. The van der Waals surface area contributed by atoms with Crippen LogP contribution in [-0.2, 0) is 4.79 Å². The molecule has 0 aliphatic rings. The number of hydrogen-bond donors (Lipinski definition) is 2. The molecule has 0 unspecified atom stereocenters. The normalized spacial score (nSPS) is 11.3. The third-order valence-corrected chi connectivity index (χ3v) is 4.59. The third kappa shape index (κ3) is 7.96. The summed E-state index contributed by atoms with van der Waals surface area (Å²) in [6.07, 6.45) is 5.17. The molecular formula is C18H25NO3S. The number of ether oxygens (including phenoxy) is 1. The van der Waals surface area contributed by atoms with Crippen molar-refractivity contribution < 1.29 is 14.7 Å². The van der Waals surface area contributed by atoms with Crippen LogP contribution in [0.25, 0.3) is 0 Å². The molecule has 4 nitrogen and oxygen atoms in total. The lowest BCUT2D eigenvalue weighted by Gasteiger charge is -2.14. The van der Waals surface area contributed by atoms with Crippen LogP contribution in [0, 0.1) is 11.8 Å². The van der Waals surface area contributed by atoms with Crippen molar-refractivity contribution in [3.8, 4) is 17.6 Å². The van der Waals surface area contributed by atoms with Gasteiger partial charge in [0.2, 0.25) is 0 Å². The zero-order valence-electron chi connectivity index (χ0n) is 13.8. The first-order chi connectivity index (χ1) is 11.2. The monoisotopic (exact) mass is 335 g/mol. The van der Waals surface area contributed by atoms with Crippen LogP contribution in [0.1, 0.15) is 46.0 Å². The summed E-state index contributed by atoms with van der Waals surface area (Å²) in [5, 5.41) is 8.62. The molecule has 0 aromatic heterocycles. The Morgan fingerprint density at radius 3 is 2.65 bits per heavy atom. The molecule has 126 valence electrons. The van der Waals surface area contributed by atoms with Gasteiger partial charge in [-0.05, 0) is 37.6 Å². The average molecular weight is 335 g/mol. The molecule has 0 saturated heterocycles. The van der Waals surface area contributed by atoms with Gasteiger partial charge >= 0.3 is 0 Å². The van der Waals surface area contributed by atoms with Crippen molar-refractivity contribution >= 4 is 17.7 Å². The first-order valence-corrected chi connectivity index (χ1v) is 8.82. The van der Waals surface area contributed by atoms with Gasteiger partial charge in [-0.15, -0.1) is 17.7 Å². The topological polar surface area (TPSA) is 58.6 Å². The van der Waals surface area contributed by atoms with E-state index in [-0.39, 0.29) is 11.2 Å². The van der Waals surface area contributed by atoms with Gasteiger partial charge in [0.15, 0.2) is 0 Å². The standard InChI is InChI=1S/C18H25NO3S/c1-3-5-7-8-9-17(18(20)19-21)23-16-12-10-15(11-13-16)22-14-6-4-2/h10-13,17,21H,3,5,7-9,14H2,1-2H3,(H,19,20)/t17-/m0/s1. The molecule has 0 fully saturated rings. The Kier molecular flexibility index (Phi) is 10.0. The van der Waals surface area contributed by atoms with E-state index in [1.54, 1.807) is 12.4 Å². The fraction of sp³-hybridized carbons (Fsp3) is 0.500. The summed E-state index contributed by atoms with van der Waals surface area (Å²) in [6, 6.07) is 7.57. The van der Waals surface area contributed by atoms with Crippen LogP contribution in [0.15, 0.2) is 29.2 Å². The van der Waals surface area contributed by atoms with Crippen LogP contribution in [0.2, 0.25) is 0 Å². The summed E-state index contributed by atoms with van der Waals surface area (Å²) < 4.78 is 5.46. The molecule has 1 aromatic carbocycles. The molecule has 2 N–H and O–H groups in total. The molecule has 0 saturated carbocycles. The first-order valence-electron chi connectivity index (χ1n) is 7.94. The molecule has 1 atom stereocenters. The van der Waals surface area contributed by atoms with E-state index in [1.165, 1.54) is 18.2 Å². The molecule has 5 heteroatoms. The van der Waals surface area contributed by atoms with Crippen LogP contribution < -0.4 is 10.2 Å². The Balaban J connectivity index is 2.56. The number of nitrogens with one attached hydrogen (secondary N) is 1. The van der Waals surface area contributed by atoms with Crippen molar-refractivity contribution in [2.24, 2.45) is 0 Å². The quantitative estimate of drug-likeness (QED) is 0.223. The molecule has 0 heterocycles. The van der Waals surface area contributed by atoms with Gasteiger partial charge in [0.05, 0.1) is 5.25 Å². The molecule has 0 aliphatic carbocycles. The molecule has 0 radical (unpaired) electrons. The summed E-state index contributed by atoms with van der Waals surface area (Å²) in [7, 11) is 0. The van der Waals surface area contributed by atoms with Crippen molar-refractivity contribution in [3.05, 3.63) is 24.3 Å². The minimum absolute atomic E-state index is 0.283. The number of rotatable bonds is 10. The Morgan fingerprint density at radius 1 is 1.30 bits per heavy atom. The Bertz CT molecular complexity index is 519. The number of thioether (sulfide) groups is 1. The molecule has 1 amide bonds. The van der Waals surface area contributed by atoms with Gasteiger partial charge in [-0.2, -0.15) is 0 Å². The van der Waals surface area contributed by atoms with Crippen LogP contribution in [0.4, 0.5) is 0 Å². The highest BCUT2D eigenvalue weighted by molar-refractivity contribution is 8.00. The number of carbonyl (C=O) groups is 1. The van der Waals surface area contributed by atoms with Gasteiger partial charge in [0.25, 0.3) is 5.91 Å². The van der Waals surface area contributed by atoms with Crippen LogP contribution >= 0.6 is 11.8 Å². The maximum absolute atomic E-state index is 11.8. The van der Waals surface area contributed by atoms with Crippen molar-refractivity contribution in [3.63, 3.8) is 0 Å². The fourth-order valence-electron chi connectivity index (χ4n) is 2.04. The Hall–Kier alpha value is -1.64. The van der Waals surface area contributed by atoms with Crippen molar-refractivity contribution in [2.45, 2.75) is 56.1 Å². The van der Waals surface area contributed by atoms with E-state index in [9.17, 15) is 4.79 Å². The third-order valence-electron chi connectivity index (χ3n) is 3.31. The van der Waals surface area contributed by atoms with Gasteiger partial charge in [-0.25, -0.2) is 5.48 Å². The van der Waals surface area contributed by atoms with Gasteiger partial charge < -0.3 is 4.74 Å². The lowest BCUT2D eigenvalue weighted by molar-refractivity contribution is -0.128. The first kappa shape index (κ1) is 19.4. The number of amides is 1. The highest BCUT2D eigenvalue weighted by Gasteiger charge is 2.19. The minimum atomic E-state index is -0.343. The summed E-state index contributed by atoms with van der Waals surface area (Å²) in [5.74, 6) is 6.03. The molecule has 0 aliphatic heterocycles. The SMILES string of the molecule is CC#CCOc1ccc(S[C@@H](CCCCCC)C(=O)NO)cc1. The largest absolute Gasteiger partial charge is 0.481 e. The number of hydrogen-bond acceptors (Lipinski definition) is 4. The zero-order chi connectivity index (χ0) is 16.9. The highest BCUT2D eigenvalue weighted by Crippen LogP contribution is 2.28. The maximum Gasteiger partial charge on any atom is 0.256 e. The lowest BCUT2D eigenvalue weighted by Crippen LogP contribution is -2.30. The van der Waals surface area contributed by atoms with E-state index in [0.29, 0.717) is 6.61 Å². The second kappa shape index (κ2) is 11.9. The van der Waals surface area contributed by atoms with Gasteiger partial charge in [-0.3, -0.25) is 10.0 Å². The van der Waals surface area contributed by atoms with Gasteiger partial charge in [-0.1, -0.05) is 38.5 Å². The maximum atomic E-state index is 11.8. The van der Waals surface area contributed by atoms with Gasteiger partial charge in [0, 0.05) is 4.90 Å². The van der Waals surface area contributed by atoms with E-state index in [4.69, 9.17) is 9.94 Å². The number of unbranched alkanes of at least 4 members (excludes halogenated alkanes) is 3. The van der Waals surface area contributed by atoms with E-state index >= 15 is 0 Å². The Labute approximate surface area is 143 Å². The van der Waals surface area contributed by atoms with Crippen molar-refractivity contribution in [2.75, 3.05) is 6.61 Å². The zero-order valence-corrected chi connectivity index (χ0v) is 14.6. The second-order valence-corrected chi connectivity index (χ2v) is 6.39. The van der Waals surface area contributed by atoms with Crippen LogP contribution in [0.3, 0.4) is 0 Å².